The molecule has 1 saturated heterocycles. The number of hydrogen-bond acceptors (Lipinski definition) is 8. The first-order valence-corrected chi connectivity index (χ1v) is 18.0. The van der Waals surface area contributed by atoms with Crippen molar-refractivity contribution in [1.29, 1.82) is 0 Å². The molecule has 0 radical (unpaired) electrons. The lowest BCUT2D eigenvalue weighted by Crippen LogP contribution is -2.59. The molecule has 1 aliphatic heterocycles. The van der Waals surface area contributed by atoms with Gasteiger partial charge in [-0.3, -0.25) is 33.2 Å². The summed E-state index contributed by atoms with van der Waals surface area (Å²) in [6.07, 6.45) is 3.44. The number of carbonyl (C=O) groups is 6. The first kappa shape index (κ1) is 37.7. The van der Waals surface area contributed by atoms with E-state index in [1.54, 1.807) is 54.9 Å². The molecule has 4 N–H and O–H groups in total. The summed E-state index contributed by atoms with van der Waals surface area (Å²) >= 11 is 1.34. The zero-order valence-electron chi connectivity index (χ0n) is 29.7. The fraction of sp³-hybridized carbons (Fsp3) is 0.378. The zero-order chi connectivity index (χ0) is 37.5. The van der Waals surface area contributed by atoms with Crippen molar-refractivity contribution in [2.45, 2.75) is 64.3 Å². The Kier molecular flexibility index (Phi) is 12.1. The number of aromatic nitrogens is 2. The molecular weight excluding hydrogens is 685 g/mol. The van der Waals surface area contributed by atoms with Crippen LogP contribution >= 0.6 is 11.3 Å². The third kappa shape index (κ3) is 9.01. The molecule has 274 valence electrons. The summed E-state index contributed by atoms with van der Waals surface area (Å²) in [5.41, 5.74) is 1.50. The molecule has 2 aromatic carbocycles. The average molecular weight is 729 g/mol. The second kappa shape index (κ2) is 16.6. The Morgan fingerprint density at radius 3 is 2.21 bits per heavy atom. The Balaban J connectivity index is 1.55. The summed E-state index contributed by atoms with van der Waals surface area (Å²) in [4.78, 5) is 90.4. The van der Waals surface area contributed by atoms with Crippen molar-refractivity contribution in [3.63, 3.8) is 0 Å². The minimum absolute atomic E-state index is 0.0942. The Bertz CT molecular complexity index is 1880. The fourth-order valence-electron chi connectivity index (χ4n) is 5.90. The second-order valence-corrected chi connectivity index (χ2v) is 14.1. The van der Waals surface area contributed by atoms with E-state index >= 15 is 0 Å². The van der Waals surface area contributed by atoms with Gasteiger partial charge in [0.2, 0.25) is 29.5 Å². The maximum absolute atomic E-state index is 14.2. The van der Waals surface area contributed by atoms with E-state index in [0.717, 1.165) is 5.56 Å². The molecule has 15 heteroatoms. The number of rotatable bonds is 5. The van der Waals surface area contributed by atoms with E-state index in [9.17, 15) is 28.8 Å². The van der Waals surface area contributed by atoms with Crippen LogP contribution in [0.15, 0.2) is 78.4 Å². The Labute approximate surface area is 306 Å². The standard InChI is InChI=1S/C37H44N8O6S/c1-22(2)31-34(49)38-23(3)32(47)40-28(26-14-10-7-11-15-26)19-45(36(51)29-20-44-16-17-52-37(44)41-29)21-30(46)39-27(18-25-12-8-6-9-13-25)35(50)43(5)24(4)33(48)42-31/h6-17,20,22-24,27-28,31H,18-19,21H2,1-5H3,(H,38,49)(H,39,46)(H,40,47)(H,42,48)/t23-,24-,27-,28-,31+/m0/s1. The van der Waals surface area contributed by atoms with Gasteiger partial charge in [-0.05, 0) is 30.9 Å². The number of amides is 6. The predicted molar refractivity (Wildman–Crippen MR) is 195 cm³/mol. The number of nitrogens with zero attached hydrogens (tertiary/aromatic N) is 4. The highest BCUT2D eigenvalue weighted by Crippen LogP contribution is 2.19. The molecule has 2 aromatic heterocycles. The molecule has 0 saturated carbocycles. The van der Waals surface area contributed by atoms with Crippen molar-refractivity contribution in [1.82, 2.24) is 40.5 Å². The van der Waals surface area contributed by atoms with Crippen LogP contribution in [0.5, 0.6) is 0 Å². The van der Waals surface area contributed by atoms with E-state index in [4.69, 9.17) is 0 Å². The lowest BCUT2D eigenvalue weighted by molar-refractivity contribution is -0.142. The van der Waals surface area contributed by atoms with Crippen molar-refractivity contribution in [2.75, 3.05) is 20.1 Å². The maximum Gasteiger partial charge on any atom is 0.274 e. The van der Waals surface area contributed by atoms with Crippen LogP contribution < -0.4 is 21.3 Å². The van der Waals surface area contributed by atoms with Gasteiger partial charge in [-0.15, -0.1) is 11.3 Å². The Hall–Kier alpha value is -5.57. The molecule has 4 aromatic rings. The molecule has 0 spiro atoms. The van der Waals surface area contributed by atoms with Crippen molar-refractivity contribution in [3.05, 3.63) is 95.3 Å². The number of imidazole rings is 1. The van der Waals surface area contributed by atoms with Gasteiger partial charge in [0.05, 0.1) is 12.6 Å². The third-order valence-corrected chi connectivity index (χ3v) is 9.85. The number of fused-ring (bicyclic) bond motifs is 1. The van der Waals surface area contributed by atoms with Gasteiger partial charge < -0.3 is 31.1 Å². The van der Waals surface area contributed by atoms with Crippen molar-refractivity contribution >= 4 is 51.7 Å². The van der Waals surface area contributed by atoms with E-state index in [2.05, 4.69) is 26.3 Å². The van der Waals surface area contributed by atoms with E-state index < -0.39 is 72.2 Å². The fourth-order valence-corrected chi connectivity index (χ4v) is 6.60. The number of carbonyl (C=O) groups excluding carboxylic acids is 6. The Morgan fingerprint density at radius 1 is 0.885 bits per heavy atom. The summed E-state index contributed by atoms with van der Waals surface area (Å²) in [5.74, 6) is -3.80. The lowest BCUT2D eigenvalue weighted by Gasteiger charge is -2.32. The molecule has 1 aliphatic rings. The molecule has 5 atom stereocenters. The summed E-state index contributed by atoms with van der Waals surface area (Å²) in [6.45, 7) is 5.93. The van der Waals surface area contributed by atoms with Crippen molar-refractivity contribution in [3.8, 4) is 0 Å². The summed E-state index contributed by atoms with van der Waals surface area (Å²) in [7, 11) is 1.45. The van der Waals surface area contributed by atoms with E-state index in [0.29, 0.717) is 10.5 Å². The first-order valence-electron chi connectivity index (χ1n) is 17.1. The number of likely N-dealkylation sites (N-methyl/N-ethyl adjacent to an activating group) is 1. The normalized spacial score (nSPS) is 23.0. The van der Waals surface area contributed by atoms with Crippen molar-refractivity contribution < 1.29 is 28.8 Å². The maximum atomic E-state index is 14.2. The van der Waals surface area contributed by atoms with Crippen LogP contribution in [0.2, 0.25) is 0 Å². The van der Waals surface area contributed by atoms with E-state index in [1.165, 1.54) is 42.0 Å². The molecule has 14 nitrogen and oxygen atoms in total. The third-order valence-electron chi connectivity index (χ3n) is 9.08. The van der Waals surface area contributed by atoms with Gasteiger partial charge in [0.25, 0.3) is 5.91 Å². The minimum atomic E-state index is -1.11. The highest BCUT2D eigenvalue weighted by molar-refractivity contribution is 7.15. The van der Waals surface area contributed by atoms with Crippen LogP contribution in [-0.4, -0.2) is 98.9 Å². The van der Waals surface area contributed by atoms with Gasteiger partial charge in [-0.2, -0.15) is 0 Å². The molecule has 3 heterocycles. The molecule has 52 heavy (non-hydrogen) atoms. The van der Waals surface area contributed by atoms with Crippen LogP contribution in [0, 0.1) is 5.92 Å². The average Bonchev–Trinajstić information content (AvgIpc) is 3.75. The lowest BCUT2D eigenvalue weighted by atomic mass is 10.0. The topological polar surface area (TPSA) is 174 Å². The number of nitrogens with one attached hydrogen (secondary N) is 4. The highest BCUT2D eigenvalue weighted by atomic mass is 32.1. The number of hydrogen-bond donors (Lipinski definition) is 4. The van der Waals surface area contributed by atoms with Gasteiger partial charge in [0.1, 0.15) is 29.9 Å². The summed E-state index contributed by atoms with van der Waals surface area (Å²) in [5, 5.41) is 13.0. The quantitative estimate of drug-likeness (QED) is 0.243. The highest BCUT2D eigenvalue weighted by Gasteiger charge is 2.35. The molecule has 0 unspecified atom stereocenters. The van der Waals surface area contributed by atoms with Crippen LogP contribution in [0.25, 0.3) is 4.96 Å². The molecule has 0 aliphatic carbocycles. The Morgan fingerprint density at radius 2 is 1.56 bits per heavy atom. The molecule has 0 bridgehead atoms. The van der Waals surface area contributed by atoms with Crippen molar-refractivity contribution in [2.24, 2.45) is 5.92 Å². The van der Waals surface area contributed by atoms with Crippen LogP contribution in [0.1, 0.15) is 55.4 Å². The van der Waals surface area contributed by atoms with Gasteiger partial charge >= 0.3 is 0 Å². The van der Waals surface area contributed by atoms with Crippen LogP contribution in [-0.2, 0) is 30.4 Å². The zero-order valence-corrected chi connectivity index (χ0v) is 30.6. The van der Waals surface area contributed by atoms with Crippen LogP contribution in [0.3, 0.4) is 0 Å². The number of thiazole rings is 1. The van der Waals surface area contributed by atoms with Crippen LogP contribution in [0.4, 0.5) is 0 Å². The van der Waals surface area contributed by atoms with Gasteiger partial charge in [0, 0.05) is 37.8 Å². The predicted octanol–water partition coefficient (Wildman–Crippen LogP) is 1.93. The van der Waals surface area contributed by atoms with Gasteiger partial charge in [0.15, 0.2) is 4.96 Å². The van der Waals surface area contributed by atoms with Gasteiger partial charge in [-0.1, -0.05) is 74.5 Å². The first-order chi connectivity index (χ1) is 24.8. The minimum Gasteiger partial charge on any atom is -0.346 e. The SMILES string of the molecule is CC(C)[C@H]1NC(=O)[C@H](C)N(C)C(=O)[C@H](Cc2ccccc2)NC(=O)CN(C(=O)c2cn3ccsc3n2)C[C@@H](c2ccccc2)NC(=O)[C@H](C)NC1=O. The molecular formula is C37H44N8O6S. The summed E-state index contributed by atoms with van der Waals surface area (Å²) < 4.78 is 1.70. The summed E-state index contributed by atoms with van der Waals surface area (Å²) in [6, 6.07) is 13.0. The smallest absolute Gasteiger partial charge is 0.274 e. The largest absolute Gasteiger partial charge is 0.346 e. The second-order valence-electron chi connectivity index (χ2n) is 13.3. The number of benzene rings is 2. The monoisotopic (exact) mass is 728 g/mol. The molecule has 1 fully saturated rings. The molecule has 6 amide bonds. The molecule has 5 rings (SSSR count). The van der Waals surface area contributed by atoms with Gasteiger partial charge in [-0.25, -0.2) is 4.98 Å². The van der Waals surface area contributed by atoms with E-state index in [-0.39, 0.29) is 24.6 Å². The van der Waals surface area contributed by atoms with E-state index in [1.807, 2.05) is 41.8 Å².